The van der Waals surface area contributed by atoms with Gasteiger partial charge >= 0.3 is 0 Å². The molecule has 8 amide bonds. The molecular formula is C58H86N16O8. The van der Waals surface area contributed by atoms with Crippen molar-refractivity contribution >= 4 is 69.1 Å². The topological polar surface area (TPSA) is 397 Å². The SMILES string of the molecule is CC(C)C[C@@H]1NC(=O)[C@H](Cc2c[nH]c3ccccc23)NC(=O)[C@H](CCCCN)NC(=O)[C@H](Cc2cnc[nH]2)NC(=O)[C@H](CCCCN)NC(=O)[C@H](CCCCN)NC(=O)[C@H](CCCCN)NC(=O)[C@H](Cc2c[nH]c3ccccc23)NC1=O. The number of fused-ring (bicyclic) bond motifs is 2. The van der Waals surface area contributed by atoms with Gasteiger partial charge in [0, 0.05) is 65.4 Å². The van der Waals surface area contributed by atoms with Crippen LogP contribution in [0.2, 0.25) is 0 Å². The third kappa shape index (κ3) is 19.0. The molecule has 24 nitrogen and oxygen atoms in total. The van der Waals surface area contributed by atoms with Gasteiger partial charge in [0.25, 0.3) is 0 Å². The van der Waals surface area contributed by atoms with Crippen LogP contribution in [-0.2, 0) is 57.6 Å². The van der Waals surface area contributed by atoms with Crippen LogP contribution in [0, 0.1) is 5.92 Å². The third-order valence-electron chi connectivity index (χ3n) is 14.7. The van der Waals surface area contributed by atoms with Gasteiger partial charge in [0.05, 0.1) is 6.33 Å². The Kier molecular flexibility index (Phi) is 25.3. The monoisotopic (exact) mass is 1130 g/mol. The van der Waals surface area contributed by atoms with Gasteiger partial charge < -0.3 is 80.4 Å². The van der Waals surface area contributed by atoms with E-state index >= 15 is 4.79 Å². The number of carbonyl (C=O) groups excluding carboxylic acids is 8. The van der Waals surface area contributed by atoms with E-state index in [4.69, 9.17) is 22.9 Å². The summed E-state index contributed by atoms with van der Waals surface area (Å²) >= 11 is 0. The van der Waals surface area contributed by atoms with Gasteiger partial charge in [-0.2, -0.15) is 0 Å². The average Bonchev–Trinajstić information content (AvgIpc) is 4.34. The van der Waals surface area contributed by atoms with E-state index in [0.717, 1.165) is 21.8 Å². The fraction of sp³-hybridized carbons (Fsp3) is 0.534. The maximum absolute atomic E-state index is 15.0. The van der Waals surface area contributed by atoms with Crippen molar-refractivity contribution < 1.29 is 38.4 Å². The van der Waals surface area contributed by atoms with E-state index in [1.54, 1.807) is 12.4 Å². The Morgan fingerprint density at radius 2 is 0.720 bits per heavy atom. The molecule has 0 radical (unpaired) electrons. The smallest absolute Gasteiger partial charge is 0.243 e. The number of nitrogens with one attached hydrogen (secondary N) is 11. The van der Waals surface area contributed by atoms with Crippen molar-refractivity contribution in [1.82, 2.24) is 62.5 Å². The lowest BCUT2D eigenvalue weighted by Crippen LogP contribution is -2.62. The van der Waals surface area contributed by atoms with Crippen molar-refractivity contribution in [3.05, 3.63) is 90.3 Å². The Hall–Kier alpha value is -7.67. The summed E-state index contributed by atoms with van der Waals surface area (Å²) in [7, 11) is 0. The van der Waals surface area contributed by atoms with E-state index in [2.05, 4.69) is 62.5 Å². The van der Waals surface area contributed by atoms with Crippen molar-refractivity contribution in [1.29, 1.82) is 0 Å². The highest BCUT2D eigenvalue weighted by Crippen LogP contribution is 2.22. The molecule has 2 aromatic carbocycles. The quantitative estimate of drug-likeness (QED) is 0.0382. The molecule has 1 saturated heterocycles. The molecule has 24 heteroatoms. The van der Waals surface area contributed by atoms with E-state index in [-0.39, 0.29) is 57.3 Å². The number of H-pyrrole nitrogens is 3. The van der Waals surface area contributed by atoms with Crippen molar-refractivity contribution in [2.45, 2.75) is 165 Å². The van der Waals surface area contributed by atoms with Crippen LogP contribution < -0.4 is 65.5 Å². The second-order valence-electron chi connectivity index (χ2n) is 21.7. The van der Waals surface area contributed by atoms with Crippen molar-refractivity contribution in [3.8, 4) is 0 Å². The van der Waals surface area contributed by atoms with Crippen LogP contribution in [0.4, 0.5) is 0 Å². The second kappa shape index (κ2) is 32.7. The molecular weight excluding hydrogens is 1050 g/mol. The number of para-hydroxylation sites is 2. The number of hydrogen-bond acceptors (Lipinski definition) is 13. The summed E-state index contributed by atoms with van der Waals surface area (Å²) in [4.78, 5) is 132. The summed E-state index contributed by atoms with van der Waals surface area (Å²) in [6.07, 6.45) is 10.3. The standard InChI is InChI=1S/C58H86N16O8/c1-35(2)27-47-55(79)73-48(28-36-31-64-41-17-5-3-15-39(36)41)56(80)69-44(20-8-12-24-60)52(76)67-43(19-7-11-23-59)51(75)68-45(21-9-13-25-61)54(78)74-50(30-38-33-63-34-66-38)58(82)70-46(22-10-14-26-62)53(77)72-49(57(81)71-47)29-37-32-65-42-18-6-4-16-40(37)42/h3-6,15-18,31-35,43-50,64-65H,7-14,19-30,59-62H2,1-2H3,(H,63,66)(H,67,76)(H,68,75)(H,69,80)(H,70,82)(H,71,81)(H,72,77)(H,73,79)(H,74,78)/t43-,44-,45-,46-,47-,48-,49-,50-/m0/s1. The van der Waals surface area contributed by atoms with Crippen molar-refractivity contribution in [2.24, 2.45) is 28.9 Å². The van der Waals surface area contributed by atoms with Crippen LogP contribution in [0.5, 0.6) is 0 Å². The lowest BCUT2D eigenvalue weighted by atomic mass is 9.99. The van der Waals surface area contributed by atoms with Crippen molar-refractivity contribution in [3.63, 3.8) is 0 Å². The highest BCUT2D eigenvalue weighted by atomic mass is 16.2. The maximum Gasteiger partial charge on any atom is 0.243 e. The minimum absolute atomic E-state index is 0.0436. The average molecular weight is 1140 g/mol. The number of nitrogens with two attached hydrogens (primary N) is 4. The van der Waals surface area contributed by atoms with Crippen molar-refractivity contribution in [2.75, 3.05) is 26.2 Å². The summed E-state index contributed by atoms with van der Waals surface area (Å²) in [5.41, 5.74) is 27.0. The molecule has 19 N–H and O–H groups in total. The summed E-state index contributed by atoms with van der Waals surface area (Å²) in [5, 5.41) is 24.6. The van der Waals surface area contributed by atoms with Crippen LogP contribution in [0.25, 0.3) is 21.8 Å². The zero-order valence-corrected chi connectivity index (χ0v) is 47.3. The molecule has 0 spiro atoms. The predicted octanol–water partition coefficient (Wildman–Crippen LogP) is 0.854. The number of nitrogens with zero attached hydrogens (tertiary/aromatic N) is 1. The Labute approximate surface area is 478 Å². The summed E-state index contributed by atoms with van der Waals surface area (Å²) in [6, 6.07) is 4.73. The number of amides is 8. The fourth-order valence-electron chi connectivity index (χ4n) is 10.2. The normalized spacial score (nSPS) is 22.4. The van der Waals surface area contributed by atoms with Gasteiger partial charge in [-0.3, -0.25) is 38.4 Å². The fourth-order valence-corrected chi connectivity index (χ4v) is 10.2. The number of carbonyl (C=O) groups is 8. The molecule has 0 aliphatic carbocycles. The van der Waals surface area contributed by atoms with E-state index in [1.807, 2.05) is 62.4 Å². The van der Waals surface area contributed by atoms with Gasteiger partial charge in [-0.1, -0.05) is 50.2 Å². The molecule has 8 atom stereocenters. The molecule has 82 heavy (non-hydrogen) atoms. The van der Waals surface area contributed by atoms with Gasteiger partial charge in [0.15, 0.2) is 0 Å². The molecule has 1 fully saturated rings. The first kappa shape index (κ1) is 63.5. The van der Waals surface area contributed by atoms with Gasteiger partial charge in [0.2, 0.25) is 47.3 Å². The number of benzene rings is 2. The van der Waals surface area contributed by atoms with Crippen LogP contribution in [-0.4, -0.2) is 142 Å². The zero-order chi connectivity index (χ0) is 59.0. The lowest BCUT2D eigenvalue weighted by Gasteiger charge is -2.29. The molecule has 0 saturated carbocycles. The molecule has 0 unspecified atom stereocenters. The van der Waals surface area contributed by atoms with Crippen LogP contribution in [0.15, 0.2) is 73.4 Å². The highest BCUT2D eigenvalue weighted by Gasteiger charge is 2.37. The molecule has 3 aromatic heterocycles. The minimum Gasteiger partial charge on any atom is -0.361 e. The third-order valence-corrected chi connectivity index (χ3v) is 14.7. The molecule has 1 aliphatic rings. The predicted molar refractivity (Wildman–Crippen MR) is 313 cm³/mol. The van der Waals surface area contributed by atoms with E-state index in [9.17, 15) is 33.6 Å². The Morgan fingerprint density at radius 3 is 1.06 bits per heavy atom. The van der Waals surface area contributed by atoms with Gasteiger partial charge in [0.1, 0.15) is 48.3 Å². The minimum atomic E-state index is -1.34. The Bertz CT molecular complexity index is 2870. The zero-order valence-electron chi connectivity index (χ0n) is 47.3. The number of aromatic nitrogens is 4. The van der Waals surface area contributed by atoms with Crippen LogP contribution >= 0.6 is 0 Å². The first-order valence-electron chi connectivity index (χ1n) is 28.9. The molecule has 1 aliphatic heterocycles. The number of rotatable bonds is 24. The number of unbranched alkanes of at least 4 members (excludes halogenated alkanes) is 4. The van der Waals surface area contributed by atoms with Gasteiger partial charge in [-0.05, 0) is 139 Å². The van der Waals surface area contributed by atoms with Gasteiger partial charge in [-0.15, -0.1) is 0 Å². The number of imidazole rings is 1. The Balaban J connectivity index is 1.46. The summed E-state index contributed by atoms with van der Waals surface area (Å²) in [5.74, 6) is -5.89. The second-order valence-corrected chi connectivity index (χ2v) is 21.7. The maximum atomic E-state index is 15.0. The molecule has 446 valence electrons. The van der Waals surface area contributed by atoms with E-state index in [1.165, 1.54) is 12.5 Å². The van der Waals surface area contributed by atoms with E-state index < -0.39 is 95.6 Å². The molecule has 6 rings (SSSR count). The van der Waals surface area contributed by atoms with E-state index in [0.29, 0.717) is 94.4 Å². The summed E-state index contributed by atoms with van der Waals surface area (Å²) in [6.45, 7) is 4.94. The molecule has 4 heterocycles. The van der Waals surface area contributed by atoms with Gasteiger partial charge in [-0.25, -0.2) is 4.98 Å². The van der Waals surface area contributed by atoms with Crippen LogP contribution in [0.1, 0.15) is 114 Å². The first-order chi connectivity index (χ1) is 39.6. The molecule has 0 bridgehead atoms. The first-order valence-corrected chi connectivity index (χ1v) is 28.9. The number of aromatic amines is 3. The Morgan fingerprint density at radius 1 is 0.402 bits per heavy atom. The lowest BCUT2D eigenvalue weighted by molar-refractivity contribution is -0.137. The van der Waals surface area contributed by atoms with Crippen LogP contribution in [0.3, 0.4) is 0 Å². The summed E-state index contributed by atoms with van der Waals surface area (Å²) < 4.78 is 0. The molecule has 5 aromatic rings. The largest absolute Gasteiger partial charge is 0.361 e. The number of hydrogen-bond donors (Lipinski definition) is 15. The highest BCUT2D eigenvalue weighted by molar-refractivity contribution is 5.99.